The molecule has 2 fully saturated rings. The number of carbonyl (C=O) groups excluding carboxylic acids is 2. The number of piperidine rings is 1. The molecule has 5 nitrogen and oxygen atoms in total. The molecule has 1 aliphatic carbocycles. The average Bonchev–Trinajstić information content (AvgIpc) is 3.13. The lowest BCUT2D eigenvalue weighted by molar-refractivity contribution is -0.124. The van der Waals surface area contributed by atoms with Crippen molar-refractivity contribution in [3.63, 3.8) is 0 Å². The number of esters is 1. The molecule has 0 bridgehead atoms. The van der Waals surface area contributed by atoms with Crippen molar-refractivity contribution in [3.8, 4) is 0 Å². The molecular formula is C21H32N2O3S. The lowest BCUT2D eigenvalue weighted by atomic mass is 9.82. The van der Waals surface area contributed by atoms with Gasteiger partial charge >= 0.3 is 5.97 Å². The van der Waals surface area contributed by atoms with Crippen LogP contribution < -0.4 is 4.90 Å². The number of hydrogen-bond acceptors (Lipinski definition) is 5. The van der Waals surface area contributed by atoms with Gasteiger partial charge in [-0.3, -0.25) is 4.79 Å². The summed E-state index contributed by atoms with van der Waals surface area (Å²) < 4.78 is 5.25. The van der Waals surface area contributed by atoms with E-state index < -0.39 is 0 Å². The van der Waals surface area contributed by atoms with Gasteiger partial charge in [0.2, 0.25) is 5.91 Å². The number of rotatable bonds is 5. The minimum absolute atomic E-state index is 0.0794. The van der Waals surface area contributed by atoms with Crippen LogP contribution in [0.3, 0.4) is 0 Å². The Labute approximate surface area is 166 Å². The third-order valence-electron chi connectivity index (χ3n) is 6.02. The molecule has 0 unspecified atom stereocenters. The maximum atomic E-state index is 13.6. The third-order valence-corrected chi connectivity index (χ3v) is 6.90. The third kappa shape index (κ3) is 4.72. The largest absolute Gasteiger partial charge is 0.462 e. The Hall–Kier alpha value is -1.40. The van der Waals surface area contributed by atoms with E-state index >= 15 is 0 Å². The van der Waals surface area contributed by atoms with E-state index in [4.69, 9.17) is 4.74 Å². The van der Waals surface area contributed by atoms with E-state index in [2.05, 4.69) is 18.9 Å². The summed E-state index contributed by atoms with van der Waals surface area (Å²) in [7, 11) is 2.12. The lowest BCUT2D eigenvalue weighted by Crippen LogP contribution is -2.49. The van der Waals surface area contributed by atoms with Gasteiger partial charge < -0.3 is 14.5 Å². The number of anilines is 1. The summed E-state index contributed by atoms with van der Waals surface area (Å²) in [6.45, 7) is 6.39. The highest BCUT2D eigenvalue weighted by atomic mass is 32.1. The predicted octanol–water partition coefficient (Wildman–Crippen LogP) is 4.18. The van der Waals surface area contributed by atoms with E-state index in [-0.39, 0.29) is 23.8 Å². The van der Waals surface area contributed by atoms with Crippen LogP contribution in [-0.4, -0.2) is 49.6 Å². The number of ether oxygens (including phenoxy) is 1. The molecule has 1 amide bonds. The molecule has 150 valence electrons. The van der Waals surface area contributed by atoms with Gasteiger partial charge in [0.1, 0.15) is 4.88 Å². The van der Waals surface area contributed by atoms with Crippen LogP contribution in [0, 0.1) is 11.8 Å². The number of carbonyl (C=O) groups is 2. The minimum Gasteiger partial charge on any atom is -0.462 e. The second-order valence-electron chi connectivity index (χ2n) is 8.05. The highest BCUT2D eigenvalue weighted by molar-refractivity contribution is 7.12. The number of hydrogen-bond donors (Lipinski definition) is 0. The lowest BCUT2D eigenvalue weighted by Gasteiger charge is -2.39. The van der Waals surface area contributed by atoms with Crippen molar-refractivity contribution in [1.82, 2.24) is 4.90 Å². The summed E-state index contributed by atoms with van der Waals surface area (Å²) in [4.78, 5) is 30.9. The molecule has 1 saturated carbocycles. The Morgan fingerprint density at radius 2 is 1.85 bits per heavy atom. The van der Waals surface area contributed by atoms with Crippen LogP contribution in [0.5, 0.6) is 0 Å². The van der Waals surface area contributed by atoms with Gasteiger partial charge in [0.15, 0.2) is 0 Å². The fraction of sp³-hybridized carbons (Fsp3) is 0.714. The van der Waals surface area contributed by atoms with Gasteiger partial charge in [-0.2, -0.15) is 0 Å². The molecular weight excluding hydrogens is 360 g/mol. The normalized spacial score (nSPS) is 24.6. The van der Waals surface area contributed by atoms with Crippen molar-refractivity contribution in [2.24, 2.45) is 11.8 Å². The number of thiophene rings is 1. The number of nitrogens with zero attached hydrogens (tertiary/aromatic N) is 2. The van der Waals surface area contributed by atoms with Gasteiger partial charge in [0.25, 0.3) is 0 Å². The summed E-state index contributed by atoms with van der Waals surface area (Å²) in [5.74, 6) is 0.684. The fourth-order valence-electron chi connectivity index (χ4n) is 4.29. The summed E-state index contributed by atoms with van der Waals surface area (Å²) in [5, 5.41) is 1.90. The quantitative estimate of drug-likeness (QED) is 0.706. The smallest absolute Gasteiger partial charge is 0.350 e. The first kappa shape index (κ1) is 20.3. The predicted molar refractivity (Wildman–Crippen MR) is 109 cm³/mol. The van der Waals surface area contributed by atoms with Crippen LogP contribution in [-0.2, 0) is 9.53 Å². The van der Waals surface area contributed by atoms with Crippen LogP contribution in [0.25, 0.3) is 0 Å². The van der Waals surface area contributed by atoms with Crippen molar-refractivity contribution in [2.45, 2.75) is 58.4 Å². The maximum absolute atomic E-state index is 13.6. The highest BCUT2D eigenvalue weighted by Crippen LogP contribution is 2.36. The van der Waals surface area contributed by atoms with Crippen molar-refractivity contribution < 1.29 is 14.3 Å². The van der Waals surface area contributed by atoms with E-state index in [9.17, 15) is 9.59 Å². The molecule has 27 heavy (non-hydrogen) atoms. The Bertz CT molecular complexity index is 644. The van der Waals surface area contributed by atoms with E-state index in [0.717, 1.165) is 57.3 Å². The zero-order valence-electron chi connectivity index (χ0n) is 16.8. The summed E-state index contributed by atoms with van der Waals surface area (Å²) in [6, 6.07) is 2.09. The van der Waals surface area contributed by atoms with Crippen molar-refractivity contribution in [2.75, 3.05) is 31.6 Å². The zero-order valence-corrected chi connectivity index (χ0v) is 17.6. The molecule has 0 spiro atoms. The van der Waals surface area contributed by atoms with E-state index in [1.807, 2.05) is 23.3 Å². The minimum atomic E-state index is -0.314. The van der Waals surface area contributed by atoms with Gasteiger partial charge in [0, 0.05) is 12.0 Å². The molecule has 1 aliphatic heterocycles. The standard InChI is InChI=1S/C21H32N2O3S/c1-4-26-21(25)19-18(11-14-27-19)23(17-9-12-22(3)13-10-17)20(24)16-7-5-15(2)6-8-16/h11,14-17H,4-10,12-13H2,1-3H3. The van der Waals surface area contributed by atoms with Crippen molar-refractivity contribution >= 4 is 28.9 Å². The Balaban J connectivity index is 1.87. The summed E-state index contributed by atoms with van der Waals surface area (Å²) in [5.41, 5.74) is 0.761. The summed E-state index contributed by atoms with van der Waals surface area (Å²) >= 11 is 1.38. The fourth-order valence-corrected chi connectivity index (χ4v) is 5.07. The first-order valence-electron chi connectivity index (χ1n) is 10.3. The summed E-state index contributed by atoms with van der Waals surface area (Å²) in [6.07, 6.45) is 6.05. The second kappa shape index (κ2) is 9.20. The monoisotopic (exact) mass is 392 g/mol. The second-order valence-corrected chi connectivity index (χ2v) is 8.97. The Morgan fingerprint density at radius 3 is 2.48 bits per heavy atom. The maximum Gasteiger partial charge on any atom is 0.350 e. The topological polar surface area (TPSA) is 49.9 Å². The van der Waals surface area contributed by atoms with Gasteiger partial charge in [0.05, 0.1) is 12.3 Å². The van der Waals surface area contributed by atoms with Crippen LogP contribution >= 0.6 is 11.3 Å². The average molecular weight is 393 g/mol. The molecule has 6 heteroatoms. The Kier molecular flexibility index (Phi) is 6.93. The van der Waals surface area contributed by atoms with Crippen molar-refractivity contribution in [3.05, 3.63) is 16.3 Å². The van der Waals surface area contributed by atoms with Crippen LogP contribution in [0.4, 0.5) is 5.69 Å². The molecule has 0 radical (unpaired) electrons. The van der Waals surface area contributed by atoms with Crippen molar-refractivity contribution in [1.29, 1.82) is 0 Å². The van der Waals surface area contributed by atoms with E-state index in [1.54, 1.807) is 0 Å². The highest BCUT2D eigenvalue weighted by Gasteiger charge is 2.36. The molecule has 0 atom stereocenters. The molecule has 0 aromatic carbocycles. The van der Waals surface area contributed by atoms with E-state index in [0.29, 0.717) is 17.4 Å². The molecule has 2 aliphatic rings. The zero-order chi connectivity index (χ0) is 19.4. The van der Waals surface area contributed by atoms with Gasteiger partial charge in [-0.15, -0.1) is 11.3 Å². The number of amides is 1. The molecule has 1 saturated heterocycles. The molecule has 3 rings (SSSR count). The SMILES string of the molecule is CCOC(=O)c1sccc1N(C(=O)C1CCC(C)CC1)C1CCN(C)CC1. The van der Waals surface area contributed by atoms with Gasteiger partial charge in [-0.1, -0.05) is 6.92 Å². The van der Waals surface area contributed by atoms with Gasteiger partial charge in [-0.05, 0) is 83.0 Å². The van der Waals surface area contributed by atoms with E-state index in [1.165, 1.54) is 11.3 Å². The van der Waals surface area contributed by atoms with Gasteiger partial charge in [-0.25, -0.2) is 4.79 Å². The molecule has 1 aromatic rings. The Morgan fingerprint density at radius 1 is 1.19 bits per heavy atom. The van der Waals surface area contributed by atoms with Crippen LogP contribution in [0.2, 0.25) is 0 Å². The first-order valence-corrected chi connectivity index (χ1v) is 11.2. The molecule has 2 heterocycles. The molecule has 0 N–H and O–H groups in total. The van der Waals surface area contributed by atoms with Crippen LogP contribution in [0.15, 0.2) is 11.4 Å². The molecule has 1 aromatic heterocycles. The number of likely N-dealkylation sites (tertiary alicyclic amines) is 1. The van der Waals surface area contributed by atoms with Crippen LogP contribution in [0.1, 0.15) is 62.0 Å². The first-order chi connectivity index (χ1) is 13.0.